The molecule has 0 unspecified atom stereocenters. The molecule has 68 valence electrons. The third kappa shape index (κ3) is 1.66. The van der Waals surface area contributed by atoms with Crippen LogP contribution in [0.1, 0.15) is 27.6 Å². The van der Waals surface area contributed by atoms with Gasteiger partial charge in [-0.3, -0.25) is 4.79 Å². The smallest absolute Gasteiger partial charge is 0.338 e. The predicted octanol–water partition coefficient (Wildman–Crippen LogP) is 1.17. The fourth-order valence-corrected chi connectivity index (χ4v) is 1.10. The molecule has 0 aliphatic rings. The van der Waals surface area contributed by atoms with E-state index in [0.717, 1.165) is 0 Å². The number of anilines is 1. The quantitative estimate of drug-likeness (QED) is 0.527. The molecule has 0 bridgehead atoms. The number of nitrogens with two attached hydrogens (primary N) is 1. The molecule has 13 heavy (non-hydrogen) atoms. The highest BCUT2D eigenvalue weighted by Gasteiger charge is 2.15. The molecule has 3 N–H and O–H groups in total. The maximum Gasteiger partial charge on any atom is 0.338 e. The fourth-order valence-electron chi connectivity index (χ4n) is 1.10. The van der Waals surface area contributed by atoms with Crippen LogP contribution in [-0.4, -0.2) is 16.9 Å². The van der Waals surface area contributed by atoms with Crippen molar-refractivity contribution in [3.63, 3.8) is 0 Å². The first-order valence-electron chi connectivity index (χ1n) is 3.66. The van der Waals surface area contributed by atoms with E-state index in [1.165, 1.54) is 19.1 Å². The van der Waals surface area contributed by atoms with E-state index in [0.29, 0.717) is 0 Å². The highest BCUT2D eigenvalue weighted by Crippen LogP contribution is 2.17. The van der Waals surface area contributed by atoms with E-state index in [2.05, 4.69) is 0 Å². The number of carboxylic acids is 1. The van der Waals surface area contributed by atoms with Gasteiger partial charge in [-0.15, -0.1) is 0 Å². The molecular formula is C9H9NO3. The largest absolute Gasteiger partial charge is 0.478 e. The van der Waals surface area contributed by atoms with Gasteiger partial charge in [0.2, 0.25) is 0 Å². The molecule has 1 aromatic rings. The Labute approximate surface area is 75.0 Å². The number of benzene rings is 1. The molecule has 0 aliphatic carbocycles. The van der Waals surface area contributed by atoms with Gasteiger partial charge in [-0.2, -0.15) is 0 Å². The molecule has 1 aromatic carbocycles. The highest BCUT2D eigenvalue weighted by atomic mass is 16.4. The molecule has 0 atom stereocenters. The summed E-state index contributed by atoms with van der Waals surface area (Å²) in [6.07, 6.45) is 0. The van der Waals surface area contributed by atoms with Crippen LogP contribution in [0.25, 0.3) is 0 Å². The zero-order valence-electron chi connectivity index (χ0n) is 7.07. The van der Waals surface area contributed by atoms with Gasteiger partial charge in [-0.25, -0.2) is 4.79 Å². The van der Waals surface area contributed by atoms with Gasteiger partial charge in [0, 0.05) is 11.3 Å². The Hall–Kier alpha value is -1.84. The van der Waals surface area contributed by atoms with E-state index in [-0.39, 0.29) is 22.6 Å². The Morgan fingerprint density at radius 2 is 2.00 bits per heavy atom. The van der Waals surface area contributed by atoms with Crippen LogP contribution >= 0.6 is 0 Å². The highest BCUT2D eigenvalue weighted by molar-refractivity contribution is 6.07. The number of ketones is 1. The van der Waals surface area contributed by atoms with Crippen molar-refractivity contribution < 1.29 is 14.7 Å². The summed E-state index contributed by atoms with van der Waals surface area (Å²) >= 11 is 0. The van der Waals surface area contributed by atoms with Crippen LogP contribution in [0.5, 0.6) is 0 Å². The number of carboxylic acid groups (broad SMARTS) is 1. The van der Waals surface area contributed by atoms with Gasteiger partial charge in [0.25, 0.3) is 0 Å². The lowest BCUT2D eigenvalue weighted by Crippen LogP contribution is -2.09. The molecule has 4 nitrogen and oxygen atoms in total. The SMILES string of the molecule is CC(=O)c1cccc(N)c1C(=O)O. The Morgan fingerprint density at radius 1 is 1.38 bits per heavy atom. The monoisotopic (exact) mass is 179 g/mol. The number of carbonyl (C=O) groups excluding carboxylic acids is 1. The number of carbonyl (C=O) groups is 2. The van der Waals surface area contributed by atoms with Gasteiger partial charge in [0.1, 0.15) is 0 Å². The lowest BCUT2D eigenvalue weighted by Gasteiger charge is -2.04. The minimum Gasteiger partial charge on any atom is -0.478 e. The summed E-state index contributed by atoms with van der Waals surface area (Å²) in [6, 6.07) is 4.45. The minimum absolute atomic E-state index is 0.111. The first-order chi connectivity index (χ1) is 6.04. The van der Waals surface area contributed by atoms with Crippen molar-refractivity contribution in [2.24, 2.45) is 0 Å². The summed E-state index contributed by atoms with van der Waals surface area (Å²) in [6.45, 7) is 1.31. The van der Waals surface area contributed by atoms with Gasteiger partial charge in [0.15, 0.2) is 5.78 Å². The molecule has 0 saturated carbocycles. The van der Waals surface area contributed by atoms with Crippen LogP contribution in [0.15, 0.2) is 18.2 Å². The minimum atomic E-state index is -1.18. The molecule has 0 heterocycles. The summed E-state index contributed by atoms with van der Waals surface area (Å²) < 4.78 is 0. The summed E-state index contributed by atoms with van der Waals surface area (Å²) in [5.41, 5.74) is 5.57. The molecular weight excluding hydrogens is 170 g/mol. The van der Waals surface area contributed by atoms with Crippen LogP contribution in [0.4, 0.5) is 5.69 Å². The lowest BCUT2D eigenvalue weighted by atomic mass is 10.0. The zero-order valence-corrected chi connectivity index (χ0v) is 7.07. The number of hydrogen-bond acceptors (Lipinski definition) is 3. The predicted molar refractivity (Wildman–Crippen MR) is 47.8 cm³/mol. The summed E-state index contributed by atoms with van der Waals surface area (Å²) in [4.78, 5) is 21.7. The van der Waals surface area contributed by atoms with E-state index in [1.807, 2.05) is 0 Å². The van der Waals surface area contributed by atoms with Crippen molar-refractivity contribution in [2.75, 3.05) is 5.73 Å². The third-order valence-corrected chi connectivity index (χ3v) is 1.69. The Balaban J connectivity index is 3.43. The van der Waals surface area contributed by atoms with E-state index < -0.39 is 5.97 Å². The fraction of sp³-hybridized carbons (Fsp3) is 0.111. The molecule has 0 aliphatic heterocycles. The summed E-state index contributed by atoms with van der Waals surface area (Å²) in [5, 5.41) is 8.76. The van der Waals surface area contributed by atoms with E-state index in [1.54, 1.807) is 6.07 Å². The second-order valence-corrected chi connectivity index (χ2v) is 2.63. The van der Waals surface area contributed by atoms with Crippen molar-refractivity contribution in [3.05, 3.63) is 29.3 Å². The molecule has 4 heteroatoms. The van der Waals surface area contributed by atoms with Crippen LogP contribution in [0, 0.1) is 0 Å². The molecule has 0 aromatic heterocycles. The number of Topliss-reactive ketones (excluding diaryl/α,β-unsaturated/α-hetero) is 1. The molecule has 0 radical (unpaired) electrons. The maximum atomic E-state index is 11.0. The van der Waals surface area contributed by atoms with E-state index in [4.69, 9.17) is 10.8 Å². The molecule has 0 spiro atoms. The molecule has 1 rings (SSSR count). The normalized spacial score (nSPS) is 9.62. The van der Waals surface area contributed by atoms with Crippen LogP contribution in [-0.2, 0) is 0 Å². The number of hydrogen-bond donors (Lipinski definition) is 2. The molecule has 0 saturated heterocycles. The van der Waals surface area contributed by atoms with Gasteiger partial charge >= 0.3 is 5.97 Å². The average Bonchev–Trinajstić information content (AvgIpc) is 2.02. The number of aromatic carboxylic acids is 1. The molecule has 0 amide bonds. The van der Waals surface area contributed by atoms with E-state index in [9.17, 15) is 9.59 Å². The standard InChI is InChI=1S/C9H9NO3/c1-5(11)6-3-2-4-7(10)8(6)9(12)13/h2-4H,10H2,1H3,(H,12,13). The van der Waals surface area contributed by atoms with Gasteiger partial charge in [0.05, 0.1) is 5.56 Å². The molecule has 0 fully saturated rings. The second-order valence-electron chi connectivity index (χ2n) is 2.63. The lowest BCUT2D eigenvalue weighted by molar-refractivity contribution is 0.0693. The third-order valence-electron chi connectivity index (χ3n) is 1.69. The maximum absolute atomic E-state index is 11.0. The van der Waals surface area contributed by atoms with Crippen molar-refractivity contribution in [2.45, 2.75) is 6.92 Å². The van der Waals surface area contributed by atoms with Crippen molar-refractivity contribution in [1.29, 1.82) is 0 Å². The number of nitrogen functional groups attached to an aromatic ring is 1. The van der Waals surface area contributed by atoms with Crippen molar-refractivity contribution in [1.82, 2.24) is 0 Å². The van der Waals surface area contributed by atoms with Gasteiger partial charge in [-0.1, -0.05) is 12.1 Å². The Kier molecular flexibility index (Phi) is 2.32. The summed E-state index contributed by atoms with van der Waals surface area (Å²) in [7, 11) is 0. The number of rotatable bonds is 2. The average molecular weight is 179 g/mol. The van der Waals surface area contributed by atoms with Crippen LogP contribution in [0.3, 0.4) is 0 Å². The van der Waals surface area contributed by atoms with Crippen molar-refractivity contribution >= 4 is 17.4 Å². The van der Waals surface area contributed by atoms with Gasteiger partial charge in [-0.05, 0) is 13.0 Å². The Bertz CT molecular complexity index is 371. The van der Waals surface area contributed by atoms with Crippen LogP contribution < -0.4 is 5.73 Å². The first kappa shape index (κ1) is 9.25. The van der Waals surface area contributed by atoms with Crippen LogP contribution in [0.2, 0.25) is 0 Å². The first-order valence-corrected chi connectivity index (χ1v) is 3.66. The van der Waals surface area contributed by atoms with E-state index >= 15 is 0 Å². The van der Waals surface area contributed by atoms with Crippen molar-refractivity contribution in [3.8, 4) is 0 Å². The second kappa shape index (κ2) is 3.26. The zero-order chi connectivity index (χ0) is 10.0. The summed E-state index contributed by atoms with van der Waals surface area (Å²) in [5.74, 6) is -1.48. The van der Waals surface area contributed by atoms with Gasteiger partial charge < -0.3 is 10.8 Å². The topological polar surface area (TPSA) is 80.4 Å². The Morgan fingerprint density at radius 3 is 2.38 bits per heavy atom.